The zero-order valence-electron chi connectivity index (χ0n) is 49.7. The number of aliphatic hydroxyl groups is 2. The fraction of sp³-hybridized carbons (Fsp3) is 0.270. The van der Waals surface area contributed by atoms with Gasteiger partial charge in [0.05, 0.1) is 16.0 Å². The largest absolute Gasteiger partial charge is 0.582 e. The molecule has 2 heterocycles. The smallest absolute Gasteiger partial charge is 0.262 e. The van der Waals surface area contributed by atoms with Crippen molar-refractivity contribution in [2.45, 2.75) is 118 Å². The summed E-state index contributed by atoms with van der Waals surface area (Å²) in [6.07, 6.45) is 1.75. The molecule has 0 saturated carbocycles. The van der Waals surface area contributed by atoms with Crippen LogP contribution in [0.15, 0.2) is 180 Å². The predicted octanol–water partition coefficient (Wildman–Crippen LogP) is 21.1. The van der Waals surface area contributed by atoms with Crippen LogP contribution >= 0.6 is 22.7 Å². The molecule has 81 heavy (non-hydrogen) atoms. The summed E-state index contributed by atoms with van der Waals surface area (Å²) in [5.41, 5.74) is 14.2. The van der Waals surface area contributed by atoms with E-state index in [2.05, 4.69) is 169 Å². The summed E-state index contributed by atoms with van der Waals surface area (Å²) in [6.45, 7) is 36.4. The number of unbranched alkanes of at least 4 members (excludes halogenated alkanes) is 1. The van der Waals surface area contributed by atoms with Crippen LogP contribution in [0.1, 0.15) is 129 Å². The number of rotatable bonds is 11. The van der Waals surface area contributed by atoms with Crippen LogP contribution < -0.4 is 0 Å². The molecule has 0 saturated heterocycles. The van der Waals surface area contributed by atoms with Gasteiger partial charge in [0.1, 0.15) is 11.5 Å². The monoisotopic (exact) mass is 1280 g/mol. The van der Waals surface area contributed by atoms with E-state index in [-0.39, 0.29) is 53.3 Å². The SMILES string of the molecule is CC(C)(C)c1cc(-c2c3cc(C(C)(C)C)ccc3c(-c3scc(-c4ccccc4[OH+]CCCC[OH+]c4ccccc4-c4cscc4O)c3O)c3ccc(C(C)(C)C)cc23)cc(C(C)(C)C)c1.[CH2-]c1ccccc1.[CH2-]c1ccccc1.[Hf]. The van der Waals surface area contributed by atoms with E-state index in [0.29, 0.717) is 19.0 Å². The van der Waals surface area contributed by atoms with Crippen molar-refractivity contribution in [1.29, 1.82) is 0 Å². The summed E-state index contributed by atoms with van der Waals surface area (Å²) in [4.78, 5) is 0.866. The molecule has 7 heteroatoms. The fourth-order valence-electron chi connectivity index (χ4n) is 9.82. The van der Waals surface area contributed by atoms with Gasteiger partial charge in [0.15, 0.2) is 13.2 Å². The van der Waals surface area contributed by atoms with Crippen LogP contribution in [0.2, 0.25) is 0 Å². The summed E-state index contributed by atoms with van der Waals surface area (Å²) < 4.78 is 10.0. The molecule has 418 valence electrons. The summed E-state index contributed by atoms with van der Waals surface area (Å²) >= 11 is 3.10. The number of ether oxygens (including phenoxy) is 2. The average molecular weight is 1280 g/mol. The van der Waals surface area contributed by atoms with Crippen LogP contribution in [0.4, 0.5) is 0 Å². The molecule has 0 bridgehead atoms. The van der Waals surface area contributed by atoms with Gasteiger partial charge in [-0.3, -0.25) is 0 Å². The van der Waals surface area contributed by atoms with Gasteiger partial charge in [-0.2, -0.15) is 49.2 Å². The molecule has 0 unspecified atom stereocenters. The number of thiophene rings is 2. The Kier molecular flexibility index (Phi) is 20.1. The third-order valence-electron chi connectivity index (χ3n) is 14.6. The van der Waals surface area contributed by atoms with Crippen LogP contribution in [0.25, 0.3) is 65.4 Å². The van der Waals surface area contributed by atoms with E-state index in [1.807, 2.05) is 102 Å². The number of fused-ring (bicyclic) bond motifs is 2. The fourth-order valence-corrected chi connectivity index (χ4v) is 11.6. The zero-order chi connectivity index (χ0) is 57.6. The molecular formula is C74H82HfO4S2. The van der Waals surface area contributed by atoms with Gasteiger partial charge >= 0.3 is 0 Å². The molecule has 0 radical (unpaired) electrons. The number of hydrogen-bond acceptors (Lipinski definition) is 4. The summed E-state index contributed by atoms with van der Waals surface area (Å²) in [5.74, 6) is 2.34. The van der Waals surface area contributed by atoms with Crippen molar-refractivity contribution in [3.8, 4) is 66.8 Å². The molecule has 10 rings (SSSR count). The molecule has 4 N–H and O–H groups in total. The quantitative estimate of drug-likeness (QED) is 0.0446. The molecular weight excluding hydrogens is 1200 g/mol. The van der Waals surface area contributed by atoms with Gasteiger partial charge in [-0.1, -0.05) is 162 Å². The van der Waals surface area contributed by atoms with Crippen molar-refractivity contribution >= 4 is 44.2 Å². The minimum Gasteiger partial charge on any atom is -0.582 e. The van der Waals surface area contributed by atoms with Crippen molar-refractivity contribution in [2.75, 3.05) is 13.2 Å². The second-order valence-corrected chi connectivity index (χ2v) is 26.7. The Hall–Kier alpha value is -6.51. The number of para-hydroxylation sites is 2. The van der Waals surface area contributed by atoms with Crippen molar-refractivity contribution < 1.29 is 45.5 Å². The molecule has 0 fully saturated rings. The maximum Gasteiger partial charge on any atom is 0.262 e. The van der Waals surface area contributed by atoms with E-state index < -0.39 is 0 Å². The van der Waals surface area contributed by atoms with Gasteiger partial charge in [-0.05, 0) is 101 Å². The maximum absolute atomic E-state index is 12.6. The summed E-state index contributed by atoms with van der Waals surface area (Å²) in [7, 11) is 0. The molecule has 0 aliphatic heterocycles. The Balaban J connectivity index is 0.000000550. The minimum absolute atomic E-state index is 0. The molecule has 8 aromatic carbocycles. The normalized spacial score (nSPS) is 11.8. The van der Waals surface area contributed by atoms with Gasteiger partial charge in [-0.25, -0.2) is 0 Å². The molecule has 0 aliphatic rings. The van der Waals surface area contributed by atoms with Gasteiger partial charge < -0.3 is 19.7 Å². The maximum atomic E-state index is 12.6. The Labute approximate surface area is 510 Å². The second kappa shape index (κ2) is 26.2. The Bertz CT molecular complexity index is 3550. The van der Waals surface area contributed by atoms with Gasteiger partial charge in [0.25, 0.3) is 11.5 Å². The summed E-state index contributed by atoms with van der Waals surface area (Å²) in [6, 6.07) is 57.3. The third-order valence-corrected chi connectivity index (χ3v) is 16.4. The first-order valence-electron chi connectivity index (χ1n) is 27.9. The molecule has 4 nitrogen and oxygen atoms in total. The van der Waals surface area contributed by atoms with Crippen molar-refractivity contribution in [2.24, 2.45) is 0 Å². The summed E-state index contributed by atoms with van der Waals surface area (Å²) in [5, 5.41) is 33.4. The molecule has 0 aliphatic carbocycles. The third kappa shape index (κ3) is 15.1. The van der Waals surface area contributed by atoms with E-state index in [1.165, 1.54) is 55.5 Å². The molecule has 0 spiro atoms. The Morgan fingerprint density at radius 3 is 1.22 bits per heavy atom. The van der Waals surface area contributed by atoms with Crippen LogP contribution in [-0.2, 0) is 47.5 Å². The van der Waals surface area contributed by atoms with Crippen LogP contribution in [0.5, 0.6) is 23.0 Å². The Morgan fingerprint density at radius 2 is 0.827 bits per heavy atom. The molecule has 0 amide bonds. The molecule has 2 aromatic heterocycles. The van der Waals surface area contributed by atoms with Gasteiger partial charge in [-0.15, -0.1) is 46.9 Å². The molecule has 10 aromatic rings. The second-order valence-electron chi connectivity index (χ2n) is 25.0. The molecule has 0 atom stereocenters. The van der Waals surface area contributed by atoms with Crippen LogP contribution in [0, 0.1) is 13.8 Å². The first kappa shape index (κ1) is 62.1. The first-order valence-corrected chi connectivity index (χ1v) is 29.8. The minimum atomic E-state index is -0.0711. The van der Waals surface area contributed by atoms with E-state index in [0.717, 1.165) is 78.9 Å². The Morgan fingerprint density at radius 1 is 0.407 bits per heavy atom. The van der Waals surface area contributed by atoms with Crippen LogP contribution in [0.3, 0.4) is 0 Å². The number of hydrogen-bond donors (Lipinski definition) is 2. The number of benzene rings is 8. The number of aromatic hydroxyl groups is 4. The standard InChI is InChI=1S/C60H66O4S2.2C7H7.Hf/c1-57(2,3)38-23-25-44-46(32-38)53(37-29-40(59(7,8)9)31-41(30-37)60(10,11)12)47-33-39(58(4,5)6)24-26-45(47)54(44)56-55(62)49(35-66-56)43-20-14-16-22-52(43)64-28-18-17-27-63-51-21-15-13-19-42(51)48-34-65-36-50(48)61;2*1-7-5-3-2-4-6-7;/h13-16,19-26,29-36,61-62H,17-18,27-28H2,1-12H3;2*2-6H,1H2;/q;2*-1;/p+2. The zero-order valence-corrected chi connectivity index (χ0v) is 54.9. The predicted molar refractivity (Wildman–Crippen MR) is 348 cm³/mol. The van der Waals surface area contributed by atoms with E-state index >= 15 is 0 Å². The average Bonchev–Trinajstić information content (AvgIpc) is 4.11. The van der Waals surface area contributed by atoms with E-state index in [9.17, 15) is 10.2 Å². The first-order chi connectivity index (χ1) is 37.9. The van der Waals surface area contributed by atoms with Crippen molar-refractivity contribution in [3.05, 3.63) is 227 Å². The van der Waals surface area contributed by atoms with E-state index in [1.54, 1.807) is 16.7 Å². The van der Waals surface area contributed by atoms with Crippen molar-refractivity contribution in [3.63, 3.8) is 0 Å². The van der Waals surface area contributed by atoms with Crippen LogP contribution in [-0.4, -0.2) is 32.9 Å². The van der Waals surface area contributed by atoms with Gasteiger partial charge in [0, 0.05) is 83.6 Å². The topological polar surface area (TPSA) is 66.1 Å². The van der Waals surface area contributed by atoms with Crippen molar-refractivity contribution in [1.82, 2.24) is 0 Å². The van der Waals surface area contributed by atoms with Gasteiger partial charge in [0.2, 0.25) is 0 Å². The van der Waals surface area contributed by atoms with E-state index in [4.69, 9.17) is 9.47 Å².